The van der Waals surface area contributed by atoms with E-state index in [1.165, 1.54) is 0 Å². The van der Waals surface area contributed by atoms with E-state index in [4.69, 9.17) is 0 Å². The van der Waals surface area contributed by atoms with Crippen LogP contribution in [-0.2, 0) is 12.8 Å². The van der Waals surface area contributed by atoms with E-state index < -0.39 is 11.6 Å². The van der Waals surface area contributed by atoms with Gasteiger partial charge in [0.05, 0.1) is 5.69 Å². The van der Waals surface area contributed by atoms with E-state index in [9.17, 15) is 13.2 Å². The second-order valence-corrected chi connectivity index (χ2v) is 6.76. The van der Waals surface area contributed by atoms with E-state index in [0.717, 1.165) is 16.3 Å². The molecule has 0 aromatic heterocycles. The third-order valence-electron chi connectivity index (χ3n) is 4.27. The van der Waals surface area contributed by atoms with Gasteiger partial charge >= 0.3 is 6.18 Å². The summed E-state index contributed by atoms with van der Waals surface area (Å²) < 4.78 is 42.1. The Kier molecular flexibility index (Phi) is 4.32. The standard InChI is InChI=1S/C18H15BrF3N/c19-15-6-7-16-14(10-15)11-17(12-23-16,18(20,21)22)9-8-13-4-2-1-3-5-13/h1-7,10,12H,8-9,11H2/t17-/m0/s1. The molecule has 120 valence electrons. The zero-order chi connectivity index (χ0) is 16.5. The third kappa shape index (κ3) is 3.34. The van der Waals surface area contributed by atoms with Crippen molar-refractivity contribution >= 4 is 27.8 Å². The predicted octanol–water partition coefficient (Wildman–Crippen LogP) is 5.89. The SMILES string of the molecule is FC(F)(F)[C@]1(CCc2ccccc2)C=Nc2ccc(Br)cc2C1. The number of halogens is 4. The number of hydrogen-bond acceptors (Lipinski definition) is 1. The summed E-state index contributed by atoms with van der Waals surface area (Å²) in [6.07, 6.45) is -2.93. The summed E-state index contributed by atoms with van der Waals surface area (Å²) in [5.74, 6) is 0. The zero-order valence-electron chi connectivity index (χ0n) is 12.3. The highest BCUT2D eigenvalue weighted by Gasteiger charge is 2.54. The minimum Gasteiger partial charge on any atom is -0.260 e. The van der Waals surface area contributed by atoms with Crippen LogP contribution in [0.4, 0.5) is 18.9 Å². The molecule has 0 unspecified atom stereocenters. The summed E-state index contributed by atoms with van der Waals surface area (Å²) in [4.78, 5) is 4.10. The van der Waals surface area contributed by atoms with Crippen LogP contribution >= 0.6 is 15.9 Å². The number of aliphatic imine (C=N–C) groups is 1. The maximum atomic E-state index is 13.8. The van der Waals surface area contributed by atoms with Gasteiger partial charge in [-0.15, -0.1) is 0 Å². The molecule has 1 aliphatic heterocycles. The van der Waals surface area contributed by atoms with E-state index in [-0.39, 0.29) is 12.8 Å². The highest BCUT2D eigenvalue weighted by atomic mass is 79.9. The van der Waals surface area contributed by atoms with Crippen molar-refractivity contribution in [3.8, 4) is 0 Å². The fourth-order valence-corrected chi connectivity index (χ4v) is 3.29. The van der Waals surface area contributed by atoms with Crippen molar-refractivity contribution in [2.24, 2.45) is 10.4 Å². The molecule has 23 heavy (non-hydrogen) atoms. The Morgan fingerprint density at radius 3 is 2.52 bits per heavy atom. The number of aryl methyl sites for hydroxylation is 1. The van der Waals surface area contributed by atoms with Gasteiger partial charge in [-0.1, -0.05) is 46.3 Å². The number of nitrogens with zero attached hydrogens (tertiary/aromatic N) is 1. The summed E-state index contributed by atoms with van der Waals surface area (Å²) >= 11 is 3.32. The summed E-state index contributed by atoms with van der Waals surface area (Å²) in [5, 5.41) is 0. The molecule has 2 aromatic rings. The highest BCUT2D eigenvalue weighted by molar-refractivity contribution is 9.10. The van der Waals surface area contributed by atoms with Crippen LogP contribution < -0.4 is 0 Å². The van der Waals surface area contributed by atoms with Crippen molar-refractivity contribution in [2.75, 3.05) is 0 Å². The van der Waals surface area contributed by atoms with Gasteiger partial charge in [0.2, 0.25) is 0 Å². The minimum absolute atomic E-state index is 0.00400. The van der Waals surface area contributed by atoms with Crippen molar-refractivity contribution in [1.29, 1.82) is 0 Å². The molecular formula is C18H15BrF3N. The minimum atomic E-state index is -4.33. The van der Waals surface area contributed by atoms with Crippen molar-refractivity contribution in [1.82, 2.24) is 0 Å². The third-order valence-corrected chi connectivity index (χ3v) is 4.76. The quantitative estimate of drug-likeness (QED) is 0.628. The summed E-state index contributed by atoms with van der Waals surface area (Å²) in [6, 6.07) is 14.5. The molecule has 0 N–H and O–H groups in total. The van der Waals surface area contributed by atoms with E-state index in [1.807, 2.05) is 30.3 Å². The molecule has 0 saturated heterocycles. The number of fused-ring (bicyclic) bond motifs is 1. The van der Waals surface area contributed by atoms with Crippen LogP contribution in [0.3, 0.4) is 0 Å². The smallest absolute Gasteiger partial charge is 0.260 e. The van der Waals surface area contributed by atoms with Gasteiger partial charge in [0.15, 0.2) is 0 Å². The first-order chi connectivity index (χ1) is 10.9. The fourth-order valence-electron chi connectivity index (χ4n) is 2.88. The average Bonchev–Trinajstić information content (AvgIpc) is 2.52. The Morgan fingerprint density at radius 2 is 1.83 bits per heavy atom. The first-order valence-corrected chi connectivity index (χ1v) is 8.13. The molecule has 1 heterocycles. The highest BCUT2D eigenvalue weighted by Crippen LogP contribution is 2.47. The van der Waals surface area contributed by atoms with E-state index in [0.29, 0.717) is 17.7 Å². The Morgan fingerprint density at radius 1 is 1.09 bits per heavy atom. The largest absolute Gasteiger partial charge is 0.399 e. The monoisotopic (exact) mass is 381 g/mol. The van der Waals surface area contributed by atoms with Gasteiger partial charge in [-0.25, -0.2) is 0 Å². The lowest BCUT2D eigenvalue weighted by molar-refractivity contribution is -0.198. The lowest BCUT2D eigenvalue weighted by Gasteiger charge is -2.35. The molecule has 0 aliphatic carbocycles. The van der Waals surface area contributed by atoms with E-state index in [2.05, 4.69) is 20.9 Å². The second kappa shape index (κ2) is 6.11. The topological polar surface area (TPSA) is 12.4 Å². The summed E-state index contributed by atoms with van der Waals surface area (Å²) in [6.45, 7) is 0. The van der Waals surface area contributed by atoms with Gasteiger partial charge in [0.1, 0.15) is 5.41 Å². The van der Waals surface area contributed by atoms with Crippen molar-refractivity contribution in [2.45, 2.75) is 25.4 Å². The molecule has 0 spiro atoms. The summed E-state index contributed by atoms with van der Waals surface area (Å²) in [5.41, 5.74) is 0.251. The maximum absolute atomic E-state index is 13.8. The normalized spacial score (nSPS) is 20.3. The Labute approximate surface area is 141 Å². The van der Waals surface area contributed by atoms with Crippen LogP contribution in [0.25, 0.3) is 0 Å². The molecule has 2 aromatic carbocycles. The molecule has 0 fully saturated rings. The number of benzene rings is 2. The van der Waals surface area contributed by atoms with Crippen LogP contribution in [-0.4, -0.2) is 12.4 Å². The van der Waals surface area contributed by atoms with E-state index in [1.54, 1.807) is 18.2 Å². The fraction of sp³-hybridized carbons (Fsp3) is 0.278. The average molecular weight is 382 g/mol. The first-order valence-electron chi connectivity index (χ1n) is 7.34. The molecule has 3 rings (SSSR count). The molecule has 1 atom stereocenters. The van der Waals surface area contributed by atoms with Crippen LogP contribution in [0.15, 0.2) is 58.0 Å². The lowest BCUT2D eigenvalue weighted by atomic mass is 9.75. The molecule has 0 saturated carbocycles. The Bertz CT molecular complexity index is 725. The van der Waals surface area contributed by atoms with Gasteiger partial charge in [-0.2, -0.15) is 13.2 Å². The zero-order valence-corrected chi connectivity index (χ0v) is 13.9. The molecule has 0 bridgehead atoms. The predicted molar refractivity (Wildman–Crippen MR) is 89.2 cm³/mol. The van der Waals surface area contributed by atoms with Gasteiger partial charge < -0.3 is 0 Å². The molecule has 1 aliphatic rings. The lowest BCUT2D eigenvalue weighted by Crippen LogP contribution is -2.43. The summed E-state index contributed by atoms with van der Waals surface area (Å²) in [7, 11) is 0. The van der Waals surface area contributed by atoms with Gasteiger partial charge in [0, 0.05) is 10.7 Å². The van der Waals surface area contributed by atoms with Crippen molar-refractivity contribution in [3.05, 3.63) is 64.1 Å². The molecule has 0 radical (unpaired) electrons. The van der Waals surface area contributed by atoms with Crippen LogP contribution in [0.2, 0.25) is 0 Å². The molecular weight excluding hydrogens is 367 g/mol. The van der Waals surface area contributed by atoms with Crippen molar-refractivity contribution in [3.63, 3.8) is 0 Å². The van der Waals surface area contributed by atoms with E-state index >= 15 is 0 Å². The van der Waals surface area contributed by atoms with Crippen LogP contribution in [0, 0.1) is 5.41 Å². The Balaban J connectivity index is 1.90. The maximum Gasteiger partial charge on any atom is 0.399 e. The van der Waals surface area contributed by atoms with Gasteiger partial charge in [-0.05, 0) is 48.6 Å². The van der Waals surface area contributed by atoms with Crippen molar-refractivity contribution < 1.29 is 13.2 Å². The van der Waals surface area contributed by atoms with Crippen LogP contribution in [0.1, 0.15) is 17.5 Å². The molecule has 1 nitrogen and oxygen atoms in total. The van der Waals surface area contributed by atoms with Gasteiger partial charge in [-0.3, -0.25) is 4.99 Å². The second-order valence-electron chi connectivity index (χ2n) is 5.85. The molecule has 5 heteroatoms. The van der Waals surface area contributed by atoms with Gasteiger partial charge in [0.25, 0.3) is 0 Å². The Hall–Kier alpha value is -1.62. The molecule has 0 amide bonds. The number of hydrogen-bond donors (Lipinski definition) is 0. The van der Waals surface area contributed by atoms with Crippen LogP contribution in [0.5, 0.6) is 0 Å². The number of rotatable bonds is 3. The first kappa shape index (κ1) is 16.2. The number of alkyl halides is 3.